The molecule has 0 aromatic rings. The van der Waals surface area contributed by atoms with E-state index in [4.69, 9.17) is 19.2 Å². The van der Waals surface area contributed by atoms with E-state index >= 15 is 0 Å². The van der Waals surface area contributed by atoms with Gasteiger partial charge in [-0.05, 0) is 38.0 Å². The van der Waals surface area contributed by atoms with Gasteiger partial charge < -0.3 is 14.6 Å². The summed E-state index contributed by atoms with van der Waals surface area (Å²) in [5.41, 5.74) is -0.549. The molecule has 1 saturated carbocycles. The molecule has 5 rings (SSSR count). The molecule has 114 valence electrons. The Morgan fingerprint density at radius 3 is 2.65 bits per heavy atom. The number of aliphatic hydroxyl groups is 1. The summed E-state index contributed by atoms with van der Waals surface area (Å²) >= 11 is 0. The fourth-order valence-corrected chi connectivity index (χ4v) is 4.89. The van der Waals surface area contributed by atoms with Gasteiger partial charge in [-0.15, -0.1) is 0 Å². The molecular weight excluding hydrogens is 260 g/mol. The fourth-order valence-electron chi connectivity index (χ4n) is 4.89. The second-order valence-corrected chi connectivity index (χ2v) is 7.30. The van der Waals surface area contributed by atoms with E-state index in [1.807, 2.05) is 13.8 Å². The number of rotatable bonds is 0. The van der Waals surface area contributed by atoms with Crippen molar-refractivity contribution >= 4 is 0 Å². The van der Waals surface area contributed by atoms with E-state index in [0.717, 1.165) is 19.3 Å². The third kappa shape index (κ3) is 1.56. The van der Waals surface area contributed by atoms with Crippen LogP contribution < -0.4 is 0 Å². The fraction of sp³-hybridized carbons (Fsp3) is 1.00. The van der Waals surface area contributed by atoms with Crippen LogP contribution in [0.4, 0.5) is 0 Å². The van der Waals surface area contributed by atoms with Crippen LogP contribution in [-0.4, -0.2) is 29.1 Å². The zero-order chi connectivity index (χ0) is 14.1. The molecule has 5 aliphatic rings. The Bertz CT molecular complexity index is 411. The molecule has 5 nitrogen and oxygen atoms in total. The Kier molecular flexibility index (Phi) is 2.81. The SMILES string of the molecule is C[C@@H]1[C@H]2CC[C@@H](C)[C@H]3CC[C@]4(C)OO[C@@]23[C@H](O[C@@H]1O)O4. The lowest BCUT2D eigenvalue weighted by Crippen LogP contribution is -2.70. The Labute approximate surface area is 119 Å². The van der Waals surface area contributed by atoms with Gasteiger partial charge >= 0.3 is 0 Å². The molecule has 4 heterocycles. The summed E-state index contributed by atoms with van der Waals surface area (Å²) in [6.45, 7) is 6.22. The molecule has 1 N–H and O–H groups in total. The van der Waals surface area contributed by atoms with E-state index in [9.17, 15) is 5.11 Å². The van der Waals surface area contributed by atoms with Gasteiger partial charge in [0.05, 0.1) is 0 Å². The monoisotopic (exact) mass is 284 g/mol. The van der Waals surface area contributed by atoms with Crippen molar-refractivity contribution in [3.8, 4) is 0 Å². The van der Waals surface area contributed by atoms with Crippen molar-refractivity contribution in [3.63, 3.8) is 0 Å². The molecule has 1 spiro atoms. The van der Waals surface area contributed by atoms with Gasteiger partial charge in [-0.3, -0.25) is 0 Å². The van der Waals surface area contributed by atoms with Crippen LogP contribution >= 0.6 is 0 Å². The van der Waals surface area contributed by atoms with Crippen molar-refractivity contribution in [2.75, 3.05) is 0 Å². The van der Waals surface area contributed by atoms with Crippen LogP contribution in [0.3, 0.4) is 0 Å². The lowest BCUT2D eigenvalue weighted by Gasteiger charge is -2.59. The van der Waals surface area contributed by atoms with Gasteiger partial charge in [-0.1, -0.05) is 13.8 Å². The standard InChI is InChI=1S/C15H24O5/c1-8-4-5-11-9(2)12(16)17-13-15(11)10(8)6-7-14(3,18-13)19-20-15/h8-13,16H,4-7H2,1-3H3/t8-,9-,10-,11-,12+,13-,14+,15-/m1/s1. The number of fused-ring (bicyclic) bond motifs is 2. The van der Waals surface area contributed by atoms with E-state index < -0.39 is 24.0 Å². The summed E-state index contributed by atoms with van der Waals surface area (Å²) < 4.78 is 11.9. The highest BCUT2D eigenvalue weighted by Gasteiger charge is 2.69. The maximum atomic E-state index is 10.2. The van der Waals surface area contributed by atoms with E-state index in [0.29, 0.717) is 11.8 Å². The third-order valence-corrected chi connectivity index (χ3v) is 6.12. The van der Waals surface area contributed by atoms with Crippen LogP contribution in [0.15, 0.2) is 0 Å². The van der Waals surface area contributed by atoms with Crippen molar-refractivity contribution in [2.45, 2.75) is 70.4 Å². The average molecular weight is 284 g/mol. The molecule has 4 aliphatic heterocycles. The molecule has 0 unspecified atom stereocenters. The molecule has 4 saturated heterocycles. The summed E-state index contributed by atoms with van der Waals surface area (Å²) in [5.74, 6) is 0.437. The van der Waals surface area contributed by atoms with E-state index in [1.165, 1.54) is 6.42 Å². The topological polar surface area (TPSA) is 57.2 Å². The molecule has 0 amide bonds. The largest absolute Gasteiger partial charge is 0.368 e. The summed E-state index contributed by atoms with van der Waals surface area (Å²) in [4.78, 5) is 11.6. The Balaban J connectivity index is 1.82. The molecule has 5 fully saturated rings. The van der Waals surface area contributed by atoms with E-state index in [1.54, 1.807) is 0 Å². The van der Waals surface area contributed by atoms with Crippen LogP contribution in [0.25, 0.3) is 0 Å². The maximum absolute atomic E-state index is 10.2. The number of hydrogen-bond acceptors (Lipinski definition) is 5. The second-order valence-electron chi connectivity index (χ2n) is 7.30. The molecule has 0 aromatic heterocycles. The van der Waals surface area contributed by atoms with E-state index in [2.05, 4.69) is 6.92 Å². The molecule has 2 bridgehead atoms. The summed E-state index contributed by atoms with van der Waals surface area (Å²) in [7, 11) is 0. The normalized spacial score (nSPS) is 61.8. The van der Waals surface area contributed by atoms with Gasteiger partial charge in [-0.2, -0.15) is 0 Å². The minimum Gasteiger partial charge on any atom is -0.368 e. The summed E-state index contributed by atoms with van der Waals surface area (Å²) in [6, 6.07) is 0. The Hall–Kier alpha value is -0.200. The van der Waals surface area contributed by atoms with Crippen molar-refractivity contribution < 1.29 is 24.4 Å². The highest BCUT2D eigenvalue weighted by molar-refractivity contribution is 5.08. The first-order valence-corrected chi connectivity index (χ1v) is 7.84. The van der Waals surface area contributed by atoms with Gasteiger partial charge in [0, 0.05) is 18.3 Å². The van der Waals surface area contributed by atoms with Crippen LogP contribution in [0.1, 0.15) is 46.5 Å². The maximum Gasteiger partial charge on any atom is 0.201 e. The molecule has 20 heavy (non-hydrogen) atoms. The van der Waals surface area contributed by atoms with Crippen molar-refractivity contribution in [1.29, 1.82) is 0 Å². The van der Waals surface area contributed by atoms with Crippen LogP contribution in [0.2, 0.25) is 0 Å². The van der Waals surface area contributed by atoms with Gasteiger partial charge in [-0.25, -0.2) is 9.78 Å². The first kappa shape index (κ1) is 13.5. The molecule has 5 heteroatoms. The van der Waals surface area contributed by atoms with Gasteiger partial charge in [0.2, 0.25) is 5.79 Å². The minimum atomic E-state index is -0.781. The van der Waals surface area contributed by atoms with Crippen molar-refractivity contribution in [3.05, 3.63) is 0 Å². The van der Waals surface area contributed by atoms with Crippen LogP contribution in [-0.2, 0) is 19.2 Å². The number of aliphatic hydroxyl groups excluding tert-OH is 1. The highest BCUT2D eigenvalue weighted by Crippen LogP contribution is 2.60. The predicted molar refractivity (Wildman–Crippen MR) is 69.0 cm³/mol. The Morgan fingerprint density at radius 1 is 1.05 bits per heavy atom. The molecule has 1 aliphatic carbocycles. The summed E-state index contributed by atoms with van der Waals surface area (Å²) in [5, 5.41) is 10.2. The molecular formula is C15H24O5. The first-order valence-electron chi connectivity index (χ1n) is 7.84. The van der Waals surface area contributed by atoms with Gasteiger partial charge in [0.1, 0.15) is 0 Å². The zero-order valence-corrected chi connectivity index (χ0v) is 12.4. The number of hydrogen-bond donors (Lipinski definition) is 1. The lowest BCUT2D eigenvalue weighted by molar-refractivity contribution is -0.576. The minimum absolute atomic E-state index is 0.0379. The van der Waals surface area contributed by atoms with Crippen molar-refractivity contribution in [1.82, 2.24) is 0 Å². The average Bonchev–Trinajstić information content (AvgIpc) is 2.63. The van der Waals surface area contributed by atoms with Crippen LogP contribution in [0.5, 0.6) is 0 Å². The second kappa shape index (κ2) is 4.17. The lowest BCUT2D eigenvalue weighted by atomic mass is 9.58. The molecule has 8 atom stereocenters. The predicted octanol–water partition coefficient (Wildman–Crippen LogP) is 2.19. The van der Waals surface area contributed by atoms with Gasteiger partial charge in [0.15, 0.2) is 18.2 Å². The first-order chi connectivity index (χ1) is 9.46. The quantitative estimate of drug-likeness (QED) is 0.691. The summed E-state index contributed by atoms with van der Waals surface area (Å²) in [6.07, 6.45) is 2.72. The third-order valence-electron chi connectivity index (χ3n) is 6.12. The smallest absolute Gasteiger partial charge is 0.201 e. The van der Waals surface area contributed by atoms with Crippen LogP contribution in [0, 0.1) is 23.7 Å². The molecule has 0 radical (unpaired) electrons. The Morgan fingerprint density at radius 2 is 1.85 bits per heavy atom. The number of ether oxygens (including phenoxy) is 2. The zero-order valence-electron chi connectivity index (χ0n) is 12.4. The van der Waals surface area contributed by atoms with Gasteiger partial charge in [0.25, 0.3) is 0 Å². The van der Waals surface area contributed by atoms with Crippen molar-refractivity contribution in [2.24, 2.45) is 23.7 Å². The highest BCUT2D eigenvalue weighted by atomic mass is 17.3. The molecule has 0 aromatic carbocycles. The van der Waals surface area contributed by atoms with E-state index in [-0.39, 0.29) is 11.8 Å².